The maximum absolute atomic E-state index is 14.0. The third kappa shape index (κ3) is 7.15. The van der Waals surface area contributed by atoms with Crippen molar-refractivity contribution in [3.8, 4) is 11.5 Å². The average Bonchev–Trinajstić information content (AvgIpc) is 2.87. The summed E-state index contributed by atoms with van der Waals surface area (Å²) in [6, 6.07) is 10.1. The number of rotatable bonds is 11. The Morgan fingerprint density at radius 3 is 2.41 bits per heavy atom. The van der Waals surface area contributed by atoms with Crippen LogP contribution in [0.3, 0.4) is 0 Å². The highest BCUT2D eigenvalue weighted by Gasteiger charge is 2.40. The van der Waals surface area contributed by atoms with Gasteiger partial charge in [0, 0.05) is 19.0 Å². The van der Waals surface area contributed by atoms with E-state index in [0.717, 1.165) is 11.1 Å². The standard InChI is InChI=1S/C28H38N2O8Si/c1-28(2,3)39(5,6)38-18-21-14-19-10-7-8-11-20(19)17-29(21)27(33)22-15-24(36-4)25(16-23(22)30(34)35)37-13-9-12-26(31)32/h7-8,10-11,15-16,21H,9,12-14,17-18H2,1-6H3,(H,31,32)/t21-/m0/s1. The number of hydrogen-bond donors (Lipinski definition) is 1. The molecule has 1 N–H and O–H groups in total. The van der Waals surface area contributed by atoms with E-state index >= 15 is 0 Å². The summed E-state index contributed by atoms with van der Waals surface area (Å²) in [6.07, 6.45) is 0.693. The van der Waals surface area contributed by atoms with Crippen molar-refractivity contribution in [3.63, 3.8) is 0 Å². The summed E-state index contributed by atoms with van der Waals surface area (Å²) < 4.78 is 17.5. The molecule has 3 rings (SSSR count). The number of nitrogens with zero attached hydrogens (tertiary/aromatic N) is 2. The van der Waals surface area contributed by atoms with Crippen molar-refractivity contribution in [1.82, 2.24) is 4.90 Å². The maximum atomic E-state index is 14.0. The molecule has 1 amide bonds. The molecule has 212 valence electrons. The summed E-state index contributed by atoms with van der Waals surface area (Å²) in [5.41, 5.74) is 1.61. The molecular formula is C28H38N2O8Si. The second-order valence-corrected chi connectivity index (χ2v) is 16.1. The fourth-order valence-electron chi connectivity index (χ4n) is 4.20. The van der Waals surface area contributed by atoms with Crippen LogP contribution in [0.4, 0.5) is 5.69 Å². The summed E-state index contributed by atoms with van der Waals surface area (Å²) in [4.78, 5) is 37.9. The van der Waals surface area contributed by atoms with Gasteiger partial charge in [0.1, 0.15) is 5.56 Å². The predicted molar refractivity (Wildman–Crippen MR) is 149 cm³/mol. The first kappa shape index (κ1) is 30.1. The first-order valence-electron chi connectivity index (χ1n) is 13.0. The lowest BCUT2D eigenvalue weighted by atomic mass is 9.93. The van der Waals surface area contributed by atoms with Crippen LogP contribution in [-0.4, -0.2) is 61.5 Å². The minimum Gasteiger partial charge on any atom is -0.493 e. The van der Waals surface area contributed by atoms with E-state index in [1.54, 1.807) is 4.90 Å². The van der Waals surface area contributed by atoms with E-state index in [4.69, 9.17) is 19.0 Å². The number of benzene rings is 2. The second-order valence-electron chi connectivity index (χ2n) is 11.3. The average molecular weight is 559 g/mol. The zero-order chi connectivity index (χ0) is 29.0. The number of hydrogen-bond acceptors (Lipinski definition) is 7. The molecule has 0 saturated carbocycles. The number of carbonyl (C=O) groups is 2. The van der Waals surface area contributed by atoms with Crippen molar-refractivity contribution in [1.29, 1.82) is 0 Å². The van der Waals surface area contributed by atoms with Gasteiger partial charge >= 0.3 is 5.97 Å². The topological polar surface area (TPSA) is 128 Å². The Bertz CT molecular complexity index is 1220. The number of nitro benzene ring substituents is 1. The molecule has 0 bridgehead atoms. The van der Waals surface area contributed by atoms with Crippen LogP contribution in [0.5, 0.6) is 11.5 Å². The van der Waals surface area contributed by atoms with Crippen molar-refractivity contribution in [2.24, 2.45) is 0 Å². The van der Waals surface area contributed by atoms with Crippen molar-refractivity contribution in [3.05, 3.63) is 63.2 Å². The highest BCUT2D eigenvalue weighted by atomic mass is 28.4. The molecule has 0 spiro atoms. The van der Waals surface area contributed by atoms with Crippen LogP contribution in [0, 0.1) is 10.1 Å². The van der Waals surface area contributed by atoms with Crippen LogP contribution >= 0.6 is 0 Å². The highest BCUT2D eigenvalue weighted by Crippen LogP contribution is 2.39. The van der Waals surface area contributed by atoms with Gasteiger partial charge < -0.3 is 23.9 Å². The van der Waals surface area contributed by atoms with Crippen molar-refractivity contribution >= 4 is 25.9 Å². The molecule has 39 heavy (non-hydrogen) atoms. The number of amides is 1. The van der Waals surface area contributed by atoms with Gasteiger partial charge in [0.15, 0.2) is 19.8 Å². The van der Waals surface area contributed by atoms with E-state index in [1.807, 2.05) is 24.3 Å². The zero-order valence-electron chi connectivity index (χ0n) is 23.5. The largest absolute Gasteiger partial charge is 0.493 e. The summed E-state index contributed by atoms with van der Waals surface area (Å²) in [7, 11) is -0.736. The minimum atomic E-state index is -2.12. The van der Waals surface area contributed by atoms with E-state index in [9.17, 15) is 19.7 Å². The molecule has 1 aliphatic heterocycles. The molecule has 0 aliphatic carbocycles. The van der Waals surface area contributed by atoms with Crippen molar-refractivity contribution in [2.45, 2.75) is 70.8 Å². The van der Waals surface area contributed by atoms with Crippen LogP contribution in [0.15, 0.2) is 36.4 Å². The van der Waals surface area contributed by atoms with Crippen molar-refractivity contribution < 1.29 is 33.5 Å². The number of methoxy groups -OCH3 is 1. The Morgan fingerprint density at radius 2 is 1.82 bits per heavy atom. The fraction of sp³-hybridized carbons (Fsp3) is 0.500. The van der Waals surface area contributed by atoms with Gasteiger partial charge in [-0.2, -0.15) is 0 Å². The van der Waals surface area contributed by atoms with Crippen LogP contribution in [0.1, 0.15) is 55.1 Å². The van der Waals surface area contributed by atoms with E-state index in [0.29, 0.717) is 19.6 Å². The molecule has 2 aromatic carbocycles. The molecule has 0 fully saturated rings. The summed E-state index contributed by atoms with van der Waals surface area (Å²) in [5.74, 6) is -1.22. The first-order chi connectivity index (χ1) is 18.2. The molecule has 11 heteroatoms. The fourth-order valence-corrected chi connectivity index (χ4v) is 5.24. The van der Waals surface area contributed by atoms with Crippen LogP contribution < -0.4 is 9.47 Å². The SMILES string of the molecule is COc1cc(C(=O)N2Cc3ccccc3C[C@H]2CO[Si](C)(C)C(C)(C)C)c([N+](=O)[O-])cc1OCCCC(=O)O. The lowest BCUT2D eigenvalue weighted by Crippen LogP contribution is -2.50. The van der Waals surface area contributed by atoms with E-state index < -0.39 is 30.8 Å². The molecule has 2 aromatic rings. The number of fused-ring (bicyclic) bond motifs is 1. The number of nitro groups is 1. The lowest BCUT2D eigenvalue weighted by molar-refractivity contribution is -0.385. The molecule has 0 saturated heterocycles. The van der Waals surface area contributed by atoms with Gasteiger partial charge in [-0.1, -0.05) is 45.0 Å². The summed E-state index contributed by atoms with van der Waals surface area (Å²) in [5, 5.41) is 20.9. The molecule has 10 nitrogen and oxygen atoms in total. The van der Waals surface area contributed by atoms with Gasteiger partial charge in [0.2, 0.25) is 0 Å². The van der Waals surface area contributed by atoms with Crippen LogP contribution in [0.25, 0.3) is 0 Å². The maximum Gasteiger partial charge on any atom is 0.303 e. The minimum absolute atomic E-state index is 0.0130. The quantitative estimate of drug-likeness (QED) is 0.167. The first-order valence-corrected chi connectivity index (χ1v) is 15.9. The van der Waals surface area contributed by atoms with Crippen LogP contribution in [-0.2, 0) is 22.2 Å². The van der Waals surface area contributed by atoms with Gasteiger partial charge in [-0.25, -0.2) is 0 Å². The van der Waals surface area contributed by atoms with Crippen molar-refractivity contribution in [2.75, 3.05) is 20.3 Å². The number of carbonyl (C=O) groups excluding carboxylic acids is 1. The second kappa shape index (κ2) is 12.2. The number of ether oxygens (including phenoxy) is 2. The number of aliphatic carboxylic acids is 1. The normalized spacial score (nSPS) is 15.4. The molecule has 0 unspecified atom stereocenters. The van der Waals surface area contributed by atoms with Gasteiger partial charge in [-0.05, 0) is 42.1 Å². The Morgan fingerprint density at radius 1 is 1.15 bits per heavy atom. The van der Waals surface area contributed by atoms with Gasteiger partial charge in [-0.15, -0.1) is 0 Å². The van der Waals surface area contributed by atoms with Gasteiger partial charge in [0.05, 0.1) is 37.4 Å². The Kier molecular flexibility index (Phi) is 9.39. The third-order valence-corrected chi connectivity index (χ3v) is 12.1. The molecule has 0 aromatic heterocycles. The molecule has 1 atom stereocenters. The number of carboxylic acids is 1. The van der Waals surface area contributed by atoms with E-state index in [2.05, 4.69) is 33.9 Å². The van der Waals surface area contributed by atoms with E-state index in [-0.39, 0.29) is 47.6 Å². The summed E-state index contributed by atoms with van der Waals surface area (Å²) >= 11 is 0. The van der Waals surface area contributed by atoms with Crippen LogP contribution in [0.2, 0.25) is 18.1 Å². The molecule has 1 heterocycles. The molecular weight excluding hydrogens is 520 g/mol. The predicted octanol–water partition coefficient (Wildman–Crippen LogP) is 5.44. The highest BCUT2D eigenvalue weighted by molar-refractivity contribution is 6.74. The molecule has 0 radical (unpaired) electrons. The monoisotopic (exact) mass is 558 g/mol. The smallest absolute Gasteiger partial charge is 0.303 e. The number of carboxylic acid groups (broad SMARTS) is 1. The molecule has 1 aliphatic rings. The third-order valence-electron chi connectivity index (χ3n) is 7.56. The Hall–Kier alpha value is -3.44. The Balaban J connectivity index is 1.96. The Labute approximate surface area is 230 Å². The van der Waals surface area contributed by atoms with Gasteiger partial charge in [0.25, 0.3) is 11.6 Å². The lowest BCUT2D eigenvalue weighted by Gasteiger charge is -2.41. The van der Waals surface area contributed by atoms with E-state index in [1.165, 1.54) is 19.2 Å². The zero-order valence-corrected chi connectivity index (χ0v) is 24.5. The van der Waals surface area contributed by atoms with Gasteiger partial charge in [-0.3, -0.25) is 19.7 Å². The summed E-state index contributed by atoms with van der Waals surface area (Å²) in [6.45, 7) is 11.4.